The molecule has 2 aliphatic rings. The molecule has 22 heavy (non-hydrogen) atoms. The van der Waals surface area contributed by atoms with E-state index in [0.29, 0.717) is 29.9 Å². The summed E-state index contributed by atoms with van der Waals surface area (Å²) in [5.41, 5.74) is 3.11. The fraction of sp³-hybridized carbons (Fsp3) is 0.600. The monoisotopic (exact) mass is 319 g/mol. The van der Waals surface area contributed by atoms with Crippen LogP contribution < -0.4 is 10.5 Å². The topological polar surface area (TPSA) is 47.8 Å². The van der Waals surface area contributed by atoms with Crippen LogP contribution in [0.4, 0.5) is 17.6 Å². The molecule has 2 atom stereocenters. The molecule has 7 heteroatoms. The fourth-order valence-electron chi connectivity index (χ4n) is 3.19. The van der Waals surface area contributed by atoms with E-state index in [-0.39, 0.29) is 6.42 Å². The van der Waals surface area contributed by atoms with Crippen LogP contribution in [0, 0.1) is 5.82 Å². The predicted molar refractivity (Wildman–Crippen MR) is 71.1 cm³/mol. The van der Waals surface area contributed by atoms with Gasteiger partial charge in [-0.1, -0.05) is 13.8 Å². The highest BCUT2D eigenvalue weighted by Gasteiger charge is 2.73. The molecule has 3 rings (SSSR count). The molecule has 0 bridgehead atoms. The molecule has 2 heterocycles. The maximum atomic E-state index is 13.8. The van der Waals surface area contributed by atoms with Gasteiger partial charge in [0.2, 0.25) is 5.60 Å². The van der Waals surface area contributed by atoms with Crippen molar-refractivity contribution >= 4 is 0 Å². The summed E-state index contributed by atoms with van der Waals surface area (Å²) in [6.07, 6.45) is -5.78. The van der Waals surface area contributed by atoms with Gasteiger partial charge in [-0.2, -0.15) is 13.2 Å². The lowest BCUT2D eigenvalue weighted by atomic mass is 9.75. The highest BCUT2D eigenvalue weighted by molar-refractivity contribution is 5.48. The number of fused-ring (bicyclic) bond motifs is 1. The average molecular weight is 319 g/mol. The quantitative estimate of drug-likeness (QED) is 0.688. The lowest BCUT2D eigenvalue weighted by Crippen LogP contribution is -2.42. The summed E-state index contributed by atoms with van der Waals surface area (Å²) in [4.78, 5) is 0. The molecule has 2 N–H and O–H groups in total. The number of benzene rings is 1. The Morgan fingerprint density at radius 1 is 1.32 bits per heavy atom. The Bertz CT molecular complexity index is 614. The van der Waals surface area contributed by atoms with Crippen LogP contribution in [-0.4, -0.2) is 24.6 Å². The maximum absolute atomic E-state index is 13.8. The van der Waals surface area contributed by atoms with Gasteiger partial charge in [0.25, 0.3) is 0 Å². The van der Waals surface area contributed by atoms with Gasteiger partial charge >= 0.3 is 6.18 Å². The maximum Gasteiger partial charge on any atom is 0.421 e. The third-order valence-electron chi connectivity index (χ3n) is 4.40. The highest BCUT2D eigenvalue weighted by Crippen LogP contribution is 2.55. The molecule has 0 aromatic heterocycles. The highest BCUT2D eigenvalue weighted by atomic mass is 19.4. The summed E-state index contributed by atoms with van der Waals surface area (Å²) < 4.78 is 63.7. The van der Waals surface area contributed by atoms with Crippen LogP contribution in [0.1, 0.15) is 31.4 Å². The lowest BCUT2D eigenvalue weighted by molar-refractivity contribution is -0.189. The Morgan fingerprint density at radius 2 is 1.95 bits per heavy atom. The van der Waals surface area contributed by atoms with E-state index >= 15 is 0 Å². The number of epoxide rings is 1. The van der Waals surface area contributed by atoms with E-state index in [4.69, 9.17) is 15.2 Å². The minimum Gasteiger partial charge on any atom is -0.493 e. The minimum absolute atomic E-state index is 0.385. The van der Waals surface area contributed by atoms with Crippen molar-refractivity contribution in [2.45, 2.75) is 50.1 Å². The van der Waals surface area contributed by atoms with E-state index in [1.165, 1.54) is 12.1 Å². The molecule has 1 unspecified atom stereocenters. The first-order chi connectivity index (χ1) is 10.1. The molecule has 0 amide bonds. The van der Waals surface area contributed by atoms with Crippen molar-refractivity contribution in [2.24, 2.45) is 5.73 Å². The molecular weight excluding hydrogens is 302 g/mol. The van der Waals surface area contributed by atoms with Crippen molar-refractivity contribution in [3.8, 4) is 5.75 Å². The van der Waals surface area contributed by atoms with Gasteiger partial charge < -0.3 is 15.2 Å². The molecule has 0 radical (unpaired) electrons. The molecule has 122 valence electrons. The second kappa shape index (κ2) is 4.58. The summed E-state index contributed by atoms with van der Waals surface area (Å²) in [6, 6.07) is 2.60. The van der Waals surface area contributed by atoms with Gasteiger partial charge in [-0.3, -0.25) is 0 Å². The van der Waals surface area contributed by atoms with Crippen LogP contribution in [0.5, 0.6) is 5.75 Å². The van der Waals surface area contributed by atoms with Crippen molar-refractivity contribution in [3.63, 3.8) is 0 Å². The molecule has 0 saturated carbocycles. The number of halogens is 4. The Balaban J connectivity index is 1.98. The van der Waals surface area contributed by atoms with Crippen LogP contribution in [0.15, 0.2) is 12.1 Å². The zero-order valence-corrected chi connectivity index (χ0v) is 12.3. The van der Waals surface area contributed by atoms with E-state index < -0.39 is 29.2 Å². The molecule has 0 spiro atoms. The van der Waals surface area contributed by atoms with Crippen LogP contribution in [0.2, 0.25) is 0 Å². The molecule has 1 aromatic carbocycles. The van der Waals surface area contributed by atoms with E-state index in [0.717, 1.165) is 0 Å². The van der Waals surface area contributed by atoms with Gasteiger partial charge in [0, 0.05) is 17.5 Å². The Kier molecular flexibility index (Phi) is 3.24. The van der Waals surface area contributed by atoms with Crippen molar-refractivity contribution in [1.82, 2.24) is 0 Å². The molecule has 0 aliphatic carbocycles. The number of nitrogens with two attached hydrogens (primary N) is 1. The number of alkyl halides is 3. The second-order valence-electron chi connectivity index (χ2n) is 6.53. The standard InChI is InChI=1S/C15H17F4NO2/c1-13(2,7-14(12(20)22-14)15(17,18)19)10-6-9(16)5-8-3-4-21-11(8)10/h5-6,12H,3-4,7,20H2,1-2H3/t12-,14?/m1/s1. The molecule has 1 fully saturated rings. The lowest BCUT2D eigenvalue weighted by Gasteiger charge is -2.31. The van der Waals surface area contributed by atoms with E-state index in [2.05, 4.69) is 0 Å². The van der Waals surface area contributed by atoms with Crippen LogP contribution in [0.25, 0.3) is 0 Å². The molecular formula is C15H17F4NO2. The predicted octanol–water partition coefficient (Wildman–Crippen LogP) is 3.04. The van der Waals surface area contributed by atoms with Crippen molar-refractivity contribution in [2.75, 3.05) is 6.61 Å². The van der Waals surface area contributed by atoms with Gasteiger partial charge in [-0.25, -0.2) is 4.39 Å². The summed E-state index contributed by atoms with van der Waals surface area (Å²) in [6.45, 7) is 3.64. The van der Waals surface area contributed by atoms with Crippen LogP contribution in [-0.2, 0) is 16.6 Å². The second-order valence-corrected chi connectivity index (χ2v) is 6.53. The first-order valence-electron chi connectivity index (χ1n) is 7.03. The van der Waals surface area contributed by atoms with Crippen LogP contribution >= 0.6 is 0 Å². The SMILES string of the molecule is CC(C)(CC1(C(F)(F)F)O[C@H]1N)c1cc(F)cc2c1OCC2. The first kappa shape index (κ1) is 15.6. The zero-order valence-electron chi connectivity index (χ0n) is 12.3. The Morgan fingerprint density at radius 3 is 2.50 bits per heavy atom. The van der Waals surface area contributed by atoms with Crippen molar-refractivity contribution in [1.29, 1.82) is 0 Å². The van der Waals surface area contributed by atoms with Gasteiger partial charge in [0.1, 0.15) is 17.8 Å². The van der Waals surface area contributed by atoms with Gasteiger partial charge in [0.15, 0.2) is 0 Å². The minimum atomic E-state index is -4.57. The summed E-state index contributed by atoms with van der Waals surface area (Å²) in [7, 11) is 0. The normalized spacial score (nSPS) is 27.5. The number of rotatable bonds is 3. The molecule has 1 aromatic rings. The Hall–Kier alpha value is -1.34. The average Bonchev–Trinajstić information content (AvgIpc) is 2.83. The Labute approximate surface area is 125 Å². The summed E-state index contributed by atoms with van der Waals surface area (Å²) in [5.74, 6) is 0.00680. The molecule has 1 saturated heterocycles. The fourth-order valence-corrected chi connectivity index (χ4v) is 3.19. The number of ether oxygens (including phenoxy) is 2. The molecule has 3 nitrogen and oxygen atoms in total. The summed E-state index contributed by atoms with van der Waals surface area (Å²) >= 11 is 0. The largest absolute Gasteiger partial charge is 0.493 e. The van der Waals surface area contributed by atoms with Crippen molar-refractivity contribution < 1.29 is 27.0 Å². The zero-order chi connectivity index (χ0) is 16.3. The third-order valence-corrected chi connectivity index (χ3v) is 4.40. The van der Waals surface area contributed by atoms with Crippen LogP contribution in [0.3, 0.4) is 0 Å². The first-order valence-corrected chi connectivity index (χ1v) is 7.03. The third kappa shape index (κ3) is 2.27. The van der Waals surface area contributed by atoms with Gasteiger partial charge in [0.05, 0.1) is 6.61 Å². The van der Waals surface area contributed by atoms with E-state index in [9.17, 15) is 17.6 Å². The van der Waals surface area contributed by atoms with E-state index in [1.54, 1.807) is 13.8 Å². The molecule has 2 aliphatic heterocycles. The number of hydrogen-bond donors (Lipinski definition) is 1. The van der Waals surface area contributed by atoms with Crippen molar-refractivity contribution in [3.05, 3.63) is 29.1 Å². The van der Waals surface area contributed by atoms with Gasteiger partial charge in [-0.05, 0) is 24.0 Å². The smallest absolute Gasteiger partial charge is 0.421 e. The van der Waals surface area contributed by atoms with E-state index in [1.807, 2.05) is 0 Å². The number of hydrogen-bond acceptors (Lipinski definition) is 3. The van der Waals surface area contributed by atoms with Gasteiger partial charge in [-0.15, -0.1) is 0 Å². The summed E-state index contributed by atoms with van der Waals surface area (Å²) in [5, 5.41) is 0.